The van der Waals surface area contributed by atoms with E-state index in [4.69, 9.17) is 4.74 Å². The topological polar surface area (TPSA) is 21.3 Å². The Labute approximate surface area is 94.8 Å². The van der Waals surface area contributed by atoms with E-state index in [-0.39, 0.29) is 5.60 Å². The van der Waals surface area contributed by atoms with E-state index in [0.29, 0.717) is 6.04 Å². The summed E-state index contributed by atoms with van der Waals surface area (Å²) in [5.41, 5.74) is -0.00322. The largest absolute Gasteiger partial charge is 0.377 e. The SMILES string of the molecule is CCC(C)(OC)C(NC)C1CCCCC1. The summed E-state index contributed by atoms with van der Waals surface area (Å²) in [7, 11) is 3.92. The third kappa shape index (κ3) is 2.94. The monoisotopic (exact) mass is 213 g/mol. The van der Waals surface area contributed by atoms with Gasteiger partial charge in [0.25, 0.3) is 0 Å². The maximum Gasteiger partial charge on any atom is 0.0802 e. The van der Waals surface area contributed by atoms with Crippen LogP contribution in [-0.4, -0.2) is 25.8 Å². The summed E-state index contributed by atoms with van der Waals surface area (Å²) in [5, 5.41) is 3.49. The van der Waals surface area contributed by atoms with E-state index in [9.17, 15) is 0 Å². The molecule has 0 aromatic carbocycles. The molecule has 0 aliphatic heterocycles. The molecule has 1 N–H and O–H groups in total. The van der Waals surface area contributed by atoms with Crippen molar-refractivity contribution < 1.29 is 4.74 Å². The molecule has 0 saturated heterocycles. The van der Waals surface area contributed by atoms with Crippen molar-refractivity contribution in [2.75, 3.05) is 14.2 Å². The fraction of sp³-hybridized carbons (Fsp3) is 1.00. The molecule has 0 spiro atoms. The van der Waals surface area contributed by atoms with E-state index in [0.717, 1.165) is 12.3 Å². The number of hydrogen-bond donors (Lipinski definition) is 1. The Morgan fingerprint density at radius 2 is 1.93 bits per heavy atom. The smallest absolute Gasteiger partial charge is 0.0802 e. The van der Waals surface area contributed by atoms with E-state index in [2.05, 4.69) is 26.2 Å². The van der Waals surface area contributed by atoms with Crippen LogP contribution in [0.5, 0.6) is 0 Å². The van der Waals surface area contributed by atoms with Crippen LogP contribution in [0.1, 0.15) is 52.4 Å². The van der Waals surface area contributed by atoms with Gasteiger partial charge in [-0.2, -0.15) is 0 Å². The molecule has 2 nitrogen and oxygen atoms in total. The predicted octanol–water partition coefficient (Wildman–Crippen LogP) is 2.97. The van der Waals surface area contributed by atoms with Gasteiger partial charge in [-0.3, -0.25) is 0 Å². The molecule has 0 amide bonds. The maximum absolute atomic E-state index is 5.73. The minimum atomic E-state index is -0.00322. The third-order valence-corrected chi connectivity index (χ3v) is 4.26. The molecule has 1 saturated carbocycles. The fourth-order valence-corrected chi connectivity index (χ4v) is 3.00. The molecule has 0 aromatic rings. The Balaban J connectivity index is 2.67. The fourth-order valence-electron chi connectivity index (χ4n) is 3.00. The molecule has 0 radical (unpaired) electrons. The number of rotatable bonds is 5. The maximum atomic E-state index is 5.73. The van der Waals surface area contributed by atoms with Crippen molar-refractivity contribution in [3.8, 4) is 0 Å². The lowest BCUT2D eigenvalue weighted by Gasteiger charge is -2.42. The van der Waals surface area contributed by atoms with Crippen LogP contribution in [-0.2, 0) is 4.74 Å². The summed E-state index contributed by atoms with van der Waals surface area (Å²) in [4.78, 5) is 0. The van der Waals surface area contributed by atoms with Crippen molar-refractivity contribution in [2.24, 2.45) is 5.92 Å². The zero-order valence-electron chi connectivity index (χ0n) is 10.8. The molecule has 15 heavy (non-hydrogen) atoms. The van der Waals surface area contributed by atoms with Crippen molar-refractivity contribution >= 4 is 0 Å². The summed E-state index contributed by atoms with van der Waals surface area (Å²) in [5.74, 6) is 0.800. The van der Waals surface area contributed by atoms with Crippen molar-refractivity contribution in [3.63, 3.8) is 0 Å². The molecule has 2 atom stereocenters. The Morgan fingerprint density at radius 1 is 1.33 bits per heavy atom. The van der Waals surface area contributed by atoms with E-state index < -0.39 is 0 Å². The second kappa shape index (κ2) is 5.86. The molecular weight excluding hydrogens is 186 g/mol. The highest BCUT2D eigenvalue weighted by atomic mass is 16.5. The van der Waals surface area contributed by atoms with Crippen molar-refractivity contribution in [2.45, 2.75) is 64.0 Å². The lowest BCUT2D eigenvalue weighted by molar-refractivity contribution is -0.0478. The van der Waals surface area contributed by atoms with Crippen LogP contribution >= 0.6 is 0 Å². The number of hydrogen-bond acceptors (Lipinski definition) is 2. The molecule has 90 valence electrons. The second-order valence-corrected chi connectivity index (χ2v) is 5.03. The van der Waals surface area contributed by atoms with Crippen LogP contribution in [0.2, 0.25) is 0 Å². The summed E-state index contributed by atoms with van der Waals surface area (Å²) in [6.45, 7) is 4.46. The zero-order chi connectivity index (χ0) is 11.3. The summed E-state index contributed by atoms with van der Waals surface area (Å²) >= 11 is 0. The van der Waals surface area contributed by atoms with Crippen LogP contribution in [0.4, 0.5) is 0 Å². The first kappa shape index (κ1) is 13.0. The number of likely N-dealkylation sites (N-methyl/N-ethyl adjacent to an activating group) is 1. The second-order valence-electron chi connectivity index (χ2n) is 5.03. The van der Waals surface area contributed by atoms with Gasteiger partial charge in [-0.25, -0.2) is 0 Å². The molecule has 0 aromatic heterocycles. The first-order valence-corrected chi connectivity index (χ1v) is 6.40. The van der Waals surface area contributed by atoms with Gasteiger partial charge in [-0.05, 0) is 39.2 Å². The van der Waals surface area contributed by atoms with Gasteiger partial charge in [0.2, 0.25) is 0 Å². The Bertz CT molecular complexity index is 171. The van der Waals surface area contributed by atoms with Gasteiger partial charge in [0, 0.05) is 13.2 Å². The Hall–Kier alpha value is -0.0800. The van der Waals surface area contributed by atoms with E-state index in [1.165, 1.54) is 32.1 Å². The number of nitrogens with one attached hydrogen (secondary N) is 1. The highest BCUT2D eigenvalue weighted by Gasteiger charge is 2.37. The molecule has 1 aliphatic rings. The zero-order valence-corrected chi connectivity index (χ0v) is 10.8. The van der Waals surface area contributed by atoms with Crippen LogP contribution < -0.4 is 5.32 Å². The molecule has 1 aliphatic carbocycles. The Kier molecular flexibility index (Phi) is 5.07. The van der Waals surface area contributed by atoms with Gasteiger partial charge < -0.3 is 10.1 Å². The van der Waals surface area contributed by atoms with Gasteiger partial charge in [0.1, 0.15) is 0 Å². The predicted molar refractivity (Wildman–Crippen MR) is 65.1 cm³/mol. The molecule has 2 unspecified atom stereocenters. The number of methoxy groups -OCH3 is 1. The van der Waals surface area contributed by atoms with Crippen LogP contribution in [0.25, 0.3) is 0 Å². The average molecular weight is 213 g/mol. The van der Waals surface area contributed by atoms with Crippen LogP contribution in [0.15, 0.2) is 0 Å². The van der Waals surface area contributed by atoms with Crippen molar-refractivity contribution in [1.29, 1.82) is 0 Å². The molecule has 0 bridgehead atoms. The van der Waals surface area contributed by atoms with E-state index >= 15 is 0 Å². The van der Waals surface area contributed by atoms with Crippen LogP contribution in [0.3, 0.4) is 0 Å². The Morgan fingerprint density at radius 3 is 2.33 bits per heavy atom. The van der Waals surface area contributed by atoms with E-state index in [1.807, 2.05) is 7.11 Å². The van der Waals surface area contributed by atoms with E-state index in [1.54, 1.807) is 0 Å². The van der Waals surface area contributed by atoms with Gasteiger partial charge in [-0.1, -0.05) is 26.2 Å². The average Bonchev–Trinajstić information content (AvgIpc) is 2.31. The minimum absolute atomic E-state index is 0.00322. The van der Waals surface area contributed by atoms with Gasteiger partial charge in [-0.15, -0.1) is 0 Å². The molecule has 1 rings (SSSR count). The molecular formula is C13H27NO. The summed E-state index contributed by atoms with van der Waals surface area (Å²) in [6.07, 6.45) is 8.02. The third-order valence-electron chi connectivity index (χ3n) is 4.26. The molecule has 0 heterocycles. The summed E-state index contributed by atoms with van der Waals surface area (Å²) in [6, 6.07) is 0.507. The highest BCUT2D eigenvalue weighted by molar-refractivity contribution is 4.93. The van der Waals surface area contributed by atoms with Crippen molar-refractivity contribution in [3.05, 3.63) is 0 Å². The normalized spacial score (nSPS) is 24.8. The number of ether oxygens (including phenoxy) is 1. The first-order valence-electron chi connectivity index (χ1n) is 6.40. The van der Waals surface area contributed by atoms with Gasteiger partial charge in [0.05, 0.1) is 5.60 Å². The molecule has 2 heteroatoms. The van der Waals surface area contributed by atoms with Crippen molar-refractivity contribution in [1.82, 2.24) is 5.32 Å². The lowest BCUT2D eigenvalue weighted by Crippen LogP contribution is -2.53. The van der Waals surface area contributed by atoms with Gasteiger partial charge in [0.15, 0.2) is 0 Å². The van der Waals surface area contributed by atoms with Crippen LogP contribution in [0, 0.1) is 5.92 Å². The standard InChI is InChI=1S/C13H27NO/c1-5-13(2,15-4)12(14-3)11-9-7-6-8-10-11/h11-12,14H,5-10H2,1-4H3. The highest BCUT2D eigenvalue weighted by Crippen LogP contribution is 2.33. The summed E-state index contributed by atoms with van der Waals surface area (Å²) < 4.78 is 5.73. The lowest BCUT2D eigenvalue weighted by atomic mass is 9.76. The van der Waals surface area contributed by atoms with Gasteiger partial charge >= 0.3 is 0 Å². The minimum Gasteiger partial charge on any atom is -0.377 e. The molecule has 1 fully saturated rings. The first-order chi connectivity index (χ1) is 7.18. The quantitative estimate of drug-likeness (QED) is 0.758.